The van der Waals surface area contributed by atoms with Gasteiger partial charge in [0.1, 0.15) is 19.0 Å². The Balaban J connectivity index is 2.58. The van der Waals surface area contributed by atoms with E-state index in [4.69, 9.17) is 14.6 Å². The molecule has 0 radical (unpaired) electrons. The van der Waals surface area contributed by atoms with Crippen molar-refractivity contribution in [2.45, 2.75) is 13.0 Å². The van der Waals surface area contributed by atoms with Crippen LogP contribution in [0, 0.1) is 5.92 Å². The molecule has 0 heterocycles. The van der Waals surface area contributed by atoms with Crippen LogP contribution >= 0.6 is 0 Å². The van der Waals surface area contributed by atoms with Crippen LogP contribution in [-0.2, 0) is 9.53 Å². The van der Waals surface area contributed by atoms with Gasteiger partial charge in [-0.15, -0.1) is 0 Å². The van der Waals surface area contributed by atoms with E-state index in [1.807, 2.05) is 0 Å². The Morgan fingerprint density at radius 3 is 2.64 bits per heavy atom. The zero-order valence-electron chi connectivity index (χ0n) is 12.6. The van der Waals surface area contributed by atoms with Crippen molar-refractivity contribution in [3.8, 4) is 5.75 Å². The summed E-state index contributed by atoms with van der Waals surface area (Å²) in [6.07, 6.45) is 3.66. The molecule has 1 aromatic rings. The second-order valence-corrected chi connectivity index (χ2v) is 4.72. The summed E-state index contributed by atoms with van der Waals surface area (Å²) in [4.78, 5) is 11.3. The van der Waals surface area contributed by atoms with Crippen molar-refractivity contribution in [1.29, 1.82) is 0 Å². The number of hydrogen-bond acceptors (Lipinski definition) is 5. The van der Waals surface area contributed by atoms with Gasteiger partial charge in [0.2, 0.25) is 0 Å². The summed E-state index contributed by atoms with van der Waals surface area (Å²) in [7, 11) is 0. The van der Waals surface area contributed by atoms with E-state index in [0.717, 1.165) is 0 Å². The molecule has 1 rings (SSSR count). The number of hydrogen-bond donors (Lipinski definition) is 2. The molecule has 120 valence electrons. The van der Waals surface area contributed by atoms with Crippen molar-refractivity contribution < 1.29 is 24.5 Å². The predicted molar refractivity (Wildman–Crippen MR) is 83.4 cm³/mol. The van der Waals surface area contributed by atoms with Gasteiger partial charge >= 0.3 is 5.97 Å². The zero-order valence-corrected chi connectivity index (χ0v) is 12.6. The summed E-state index contributed by atoms with van der Waals surface area (Å²) in [6, 6.07) is 6.95. The molecule has 0 spiro atoms. The van der Waals surface area contributed by atoms with Crippen LogP contribution in [0.5, 0.6) is 5.75 Å². The highest BCUT2D eigenvalue weighted by Gasteiger charge is 2.14. The fourth-order valence-corrected chi connectivity index (χ4v) is 1.75. The number of esters is 1. The van der Waals surface area contributed by atoms with Crippen LogP contribution in [-0.4, -0.2) is 36.0 Å². The first-order valence-corrected chi connectivity index (χ1v) is 7.06. The van der Waals surface area contributed by atoms with Gasteiger partial charge in [0, 0.05) is 12.0 Å². The first kappa shape index (κ1) is 17.9. The number of rotatable bonds is 9. The van der Waals surface area contributed by atoms with Crippen LogP contribution in [0.4, 0.5) is 0 Å². The SMILES string of the molecule is C=CCOC(=O)/C=C/[C@@H](C)[C@H](O)c1ccc(OCCO)cc1. The maximum absolute atomic E-state index is 11.3. The van der Waals surface area contributed by atoms with E-state index in [0.29, 0.717) is 11.3 Å². The molecular formula is C17H22O5. The number of aliphatic hydroxyl groups is 2. The zero-order chi connectivity index (χ0) is 16.4. The van der Waals surface area contributed by atoms with Crippen LogP contribution in [0.1, 0.15) is 18.6 Å². The number of benzene rings is 1. The molecule has 5 heteroatoms. The predicted octanol–water partition coefficient (Wildman–Crippen LogP) is 2.01. The summed E-state index contributed by atoms with van der Waals surface area (Å²) in [5, 5.41) is 18.9. The third kappa shape index (κ3) is 6.11. The van der Waals surface area contributed by atoms with Crippen LogP contribution in [0.2, 0.25) is 0 Å². The van der Waals surface area contributed by atoms with Gasteiger partial charge in [-0.2, -0.15) is 0 Å². The van der Waals surface area contributed by atoms with Crippen molar-refractivity contribution >= 4 is 5.97 Å². The lowest BCUT2D eigenvalue weighted by Crippen LogP contribution is -2.08. The second-order valence-electron chi connectivity index (χ2n) is 4.72. The highest BCUT2D eigenvalue weighted by molar-refractivity contribution is 5.82. The lowest BCUT2D eigenvalue weighted by atomic mass is 9.97. The van der Waals surface area contributed by atoms with Gasteiger partial charge in [-0.3, -0.25) is 0 Å². The average Bonchev–Trinajstić information content (AvgIpc) is 2.55. The standard InChI is InChI=1S/C17H22O5/c1-3-11-22-16(19)9-4-13(2)17(20)14-5-7-15(8-6-14)21-12-10-18/h3-9,13,17-18,20H,1,10-12H2,2H3/b9-4+/t13-,17+/m1/s1. The average molecular weight is 306 g/mol. The van der Waals surface area contributed by atoms with Crippen LogP contribution in [0.15, 0.2) is 49.1 Å². The summed E-state index contributed by atoms with van der Waals surface area (Å²) in [5.41, 5.74) is 0.716. The maximum atomic E-state index is 11.3. The molecular weight excluding hydrogens is 284 g/mol. The number of carbonyl (C=O) groups excluding carboxylic acids is 1. The quantitative estimate of drug-likeness (QED) is 0.415. The molecule has 5 nitrogen and oxygen atoms in total. The lowest BCUT2D eigenvalue weighted by molar-refractivity contribution is -0.136. The summed E-state index contributed by atoms with van der Waals surface area (Å²) in [5.74, 6) is -0.0895. The fraction of sp³-hybridized carbons (Fsp3) is 0.353. The molecule has 0 amide bonds. The van der Waals surface area contributed by atoms with Crippen LogP contribution < -0.4 is 4.74 Å². The molecule has 0 fully saturated rings. The van der Waals surface area contributed by atoms with E-state index in [1.165, 1.54) is 12.2 Å². The Labute approximate surface area is 130 Å². The van der Waals surface area contributed by atoms with E-state index in [-0.39, 0.29) is 25.7 Å². The third-order valence-electron chi connectivity index (χ3n) is 2.96. The van der Waals surface area contributed by atoms with E-state index in [1.54, 1.807) is 37.3 Å². The molecule has 2 atom stereocenters. The monoisotopic (exact) mass is 306 g/mol. The lowest BCUT2D eigenvalue weighted by Gasteiger charge is -2.16. The van der Waals surface area contributed by atoms with Crippen molar-refractivity contribution in [2.75, 3.05) is 19.8 Å². The molecule has 0 bridgehead atoms. The van der Waals surface area contributed by atoms with E-state index in [2.05, 4.69) is 6.58 Å². The molecule has 1 aromatic carbocycles. The number of carbonyl (C=O) groups is 1. The molecule has 0 aliphatic heterocycles. The summed E-state index contributed by atoms with van der Waals surface area (Å²) >= 11 is 0. The smallest absolute Gasteiger partial charge is 0.330 e. The molecule has 2 N–H and O–H groups in total. The minimum Gasteiger partial charge on any atom is -0.491 e. The molecule has 0 unspecified atom stereocenters. The molecule has 0 aliphatic rings. The number of aliphatic hydroxyl groups excluding tert-OH is 2. The largest absolute Gasteiger partial charge is 0.491 e. The summed E-state index contributed by atoms with van der Waals surface area (Å²) < 4.78 is 10.1. The van der Waals surface area contributed by atoms with E-state index in [9.17, 15) is 9.90 Å². The Morgan fingerprint density at radius 1 is 1.36 bits per heavy atom. The number of ether oxygens (including phenoxy) is 2. The van der Waals surface area contributed by atoms with E-state index < -0.39 is 12.1 Å². The fourth-order valence-electron chi connectivity index (χ4n) is 1.75. The van der Waals surface area contributed by atoms with Gasteiger partial charge in [0.05, 0.1) is 12.7 Å². The van der Waals surface area contributed by atoms with Gasteiger partial charge in [0.25, 0.3) is 0 Å². The molecule has 22 heavy (non-hydrogen) atoms. The maximum Gasteiger partial charge on any atom is 0.330 e. The van der Waals surface area contributed by atoms with Gasteiger partial charge in [-0.25, -0.2) is 4.79 Å². The topological polar surface area (TPSA) is 76.0 Å². The van der Waals surface area contributed by atoms with Gasteiger partial charge in [0.15, 0.2) is 0 Å². The third-order valence-corrected chi connectivity index (χ3v) is 2.96. The minimum absolute atomic E-state index is 0.0475. The highest BCUT2D eigenvalue weighted by atomic mass is 16.5. The van der Waals surface area contributed by atoms with Gasteiger partial charge in [-0.1, -0.05) is 37.8 Å². The molecule has 0 saturated carbocycles. The molecule has 0 saturated heterocycles. The van der Waals surface area contributed by atoms with Gasteiger partial charge < -0.3 is 19.7 Å². The first-order valence-electron chi connectivity index (χ1n) is 7.06. The Bertz CT molecular complexity index is 492. The Hall–Kier alpha value is -2.11. The summed E-state index contributed by atoms with van der Waals surface area (Å²) in [6.45, 7) is 5.60. The minimum atomic E-state index is -0.740. The Kier molecular flexibility index (Phi) is 7.96. The Morgan fingerprint density at radius 2 is 2.05 bits per heavy atom. The van der Waals surface area contributed by atoms with Gasteiger partial charge in [-0.05, 0) is 17.7 Å². The normalized spacial score (nSPS) is 13.6. The van der Waals surface area contributed by atoms with Crippen LogP contribution in [0.3, 0.4) is 0 Å². The molecule has 0 aliphatic carbocycles. The molecule has 0 aromatic heterocycles. The van der Waals surface area contributed by atoms with Crippen molar-refractivity contribution in [2.24, 2.45) is 5.92 Å². The first-order chi connectivity index (χ1) is 10.6. The van der Waals surface area contributed by atoms with Crippen molar-refractivity contribution in [1.82, 2.24) is 0 Å². The highest BCUT2D eigenvalue weighted by Crippen LogP contribution is 2.24. The second kappa shape index (κ2) is 9.76. The van der Waals surface area contributed by atoms with Crippen molar-refractivity contribution in [3.63, 3.8) is 0 Å². The van der Waals surface area contributed by atoms with Crippen LogP contribution in [0.25, 0.3) is 0 Å². The van der Waals surface area contributed by atoms with E-state index >= 15 is 0 Å². The van der Waals surface area contributed by atoms with Crippen molar-refractivity contribution in [3.05, 3.63) is 54.6 Å².